The monoisotopic (exact) mass is 209 g/mol. The third-order valence-electron chi connectivity index (χ3n) is 2.27. The van der Waals surface area contributed by atoms with Crippen molar-refractivity contribution in [3.05, 3.63) is 30.1 Å². The van der Waals surface area contributed by atoms with Crippen molar-refractivity contribution < 1.29 is 9.84 Å². The topological polar surface area (TPSA) is 42.4 Å². The SMILES string of the molecule is CCCCOCCC(O)c1ccncc1. The van der Waals surface area contributed by atoms with E-state index >= 15 is 0 Å². The molecule has 0 spiro atoms. The van der Waals surface area contributed by atoms with E-state index in [9.17, 15) is 5.11 Å². The minimum absolute atomic E-state index is 0.436. The summed E-state index contributed by atoms with van der Waals surface area (Å²) in [5, 5.41) is 9.77. The lowest BCUT2D eigenvalue weighted by atomic mass is 10.1. The third kappa shape index (κ3) is 4.91. The number of aliphatic hydroxyl groups is 1. The van der Waals surface area contributed by atoms with E-state index < -0.39 is 6.10 Å². The molecule has 3 nitrogen and oxygen atoms in total. The molecule has 0 radical (unpaired) electrons. The van der Waals surface area contributed by atoms with Crippen molar-refractivity contribution in [2.45, 2.75) is 32.3 Å². The molecule has 0 aliphatic heterocycles. The van der Waals surface area contributed by atoms with Gasteiger partial charge in [0.05, 0.1) is 6.10 Å². The van der Waals surface area contributed by atoms with Gasteiger partial charge < -0.3 is 9.84 Å². The lowest BCUT2D eigenvalue weighted by Gasteiger charge is -2.10. The Morgan fingerprint density at radius 2 is 2.07 bits per heavy atom. The molecule has 3 heteroatoms. The zero-order valence-electron chi connectivity index (χ0n) is 9.22. The molecule has 0 bridgehead atoms. The number of hydrogen-bond donors (Lipinski definition) is 1. The number of unbranched alkanes of at least 4 members (excludes halogenated alkanes) is 1. The van der Waals surface area contributed by atoms with E-state index in [0.29, 0.717) is 13.0 Å². The highest BCUT2D eigenvalue weighted by atomic mass is 16.5. The molecule has 0 aliphatic rings. The van der Waals surface area contributed by atoms with E-state index in [4.69, 9.17) is 4.74 Å². The fourth-order valence-corrected chi connectivity index (χ4v) is 1.30. The molecule has 1 aromatic rings. The van der Waals surface area contributed by atoms with Crippen LogP contribution < -0.4 is 0 Å². The van der Waals surface area contributed by atoms with Crippen molar-refractivity contribution in [2.75, 3.05) is 13.2 Å². The van der Waals surface area contributed by atoms with Gasteiger partial charge in [-0.15, -0.1) is 0 Å². The second-order valence-corrected chi connectivity index (χ2v) is 3.55. The summed E-state index contributed by atoms with van der Waals surface area (Å²) >= 11 is 0. The standard InChI is InChI=1S/C12H19NO2/c1-2-3-9-15-10-6-12(14)11-4-7-13-8-5-11/h4-5,7-8,12,14H,2-3,6,9-10H2,1H3. The number of aliphatic hydroxyl groups excluding tert-OH is 1. The second-order valence-electron chi connectivity index (χ2n) is 3.55. The van der Waals surface area contributed by atoms with Gasteiger partial charge in [0.25, 0.3) is 0 Å². The predicted octanol–water partition coefficient (Wildman–Crippen LogP) is 2.32. The highest BCUT2D eigenvalue weighted by molar-refractivity contribution is 5.12. The van der Waals surface area contributed by atoms with E-state index in [1.807, 2.05) is 12.1 Å². The highest BCUT2D eigenvalue weighted by Gasteiger charge is 2.05. The van der Waals surface area contributed by atoms with Crippen molar-refractivity contribution in [1.82, 2.24) is 4.98 Å². The van der Waals surface area contributed by atoms with Crippen molar-refractivity contribution >= 4 is 0 Å². The Hall–Kier alpha value is -0.930. The lowest BCUT2D eigenvalue weighted by Crippen LogP contribution is -2.04. The van der Waals surface area contributed by atoms with Crippen molar-refractivity contribution in [1.29, 1.82) is 0 Å². The Kier molecular flexibility index (Phi) is 5.97. The molecule has 15 heavy (non-hydrogen) atoms. The molecule has 1 N–H and O–H groups in total. The first-order chi connectivity index (χ1) is 7.34. The van der Waals surface area contributed by atoms with Gasteiger partial charge in [0.1, 0.15) is 0 Å². The van der Waals surface area contributed by atoms with Crippen LogP contribution in [-0.4, -0.2) is 23.3 Å². The van der Waals surface area contributed by atoms with Crippen LogP contribution in [0.4, 0.5) is 0 Å². The fourth-order valence-electron chi connectivity index (χ4n) is 1.30. The van der Waals surface area contributed by atoms with Crippen LogP contribution in [0.15, 0.2) is 24.5 Å². The van der Waals surface area contributed by atoms with Crippen molar-refractivity contribution in [3.8, 4) is 0 Å². The molecule has 1 unspecified atom stereocenters. The van der Waals surface area contributed by atoms with Crippen molar-refractivity contribution in [2.24, 2.45) is 0 Å². The van der Waals surface area contributed by atoms with Crippen LogP contribution in [-0.2, 0) is 4.74 Å². The Balaban J connectivity index is 2.16. The Morgan fingerprint density at radius 1 is 1.33 bits per heavy atom. The van der Waals surface area contributed by atoms with Gasteiger partial charge in [0.2, 0.25) is 0 Å². The number of aromatic nitrogens is 1. The zero-order chi connectivity index (χ0) is 10.9. The minimum atomic E-state index is -0.436. The summed E-state index contributed by atoms with van der Waals surface area (Å²) in [6.45, 7) is 3.54. The maximum absolute atomic E-state index is 9.77. The van der Waals surface area contributed by atoms with Gasteiger partial charge in [0.15, 0.2) is 0 Å². The van der Waals surface area contributed by atoms with Crippen LogP contribution in [0.2, 0.25) is 0 Å². The first kappa shape index (κ1) is 12.1. The molecule has 1 aromatic heterocycles. The normalized spacial score (nSPS) is 12.7. The van der Waals surface area contributed by atoms with Gasteiger partial charge in [-0.2, -0.15) is 0 Å². The van der Waals surface area contributed by atoms with Gasteiger partial charge in [0, 0.05) is 32.0 Å². The van der Waals surface area contributed by atoms with E-state index in [2.05, 4.69) is 11.9 Å². The smallest absolute Gasteiger partial charge is 0.0813 e. The quantitative estimate of drug-likeness (QED) is 0.701. The molecule has 0 saturated heterocycles. The van der Waals surface area contributed by atoms with Crippen molar-refractivity contribution in [3.63, 3.8) is 0 Å². The lowest BCUT2D eigenvalue weighted by molar-refractivity contribution is 0.0804. The van der Waals surface area contributed by atoms with Crippen LogP contribution >= 0.6 is 0 Å². The molecule has 0 aromatic carbocycles. The van der Waals surface area contributed by atoms with Crippen LogP contribution in [0.3, 0.4) is 0 Å². The van der Waals surface area contributed by atoms with E-state index in [1.54, 1.807) is 12.4 Å². The average Bonchev–Trinajstić information content (AvgIpc) is 2.30. The van der Waals surface area contributed by atoms with E-state index in [0.717, 1.165) is 25.0 Å². The molecule has 0 amide bonds. The average molecular weight is 209 g/mol. The van der Waals surface area contributed by atoms with Crippen LogP contribution in [0.1, 0.15) is 37.9 Å². The number of hydrogen-bond acceptors (Lipinski definition) is 3. The summed E-state index contributed by atoms with van der Waals surface area (Å²) in [6, 6.07) is 3.66. The molecule has 1 atom stereocenters. The highest BCUT2D eigenvalue weighted by Crippen LogP contribution is 2.14. The number of pyridine rings is 1. The van der Waals surface area contributed by atoms with Crippen LogP contribution in [0, 0.1) is 0 Å². The molecular formula is C12H19NO2. The number of rotatable bonds is 7. The first-order valence-electron chi connectivity index (χ1n) is 5.50. The van der Waals surface area contributed by atoms with E-state index in [-0.39, 0.29) is 0 Å². The van der Waals surface area contributed by atoms with Gasteiger partial charge in [-0.05, 0) is 24.1 Å². The summed E-state index contributed by atoms with van der Waals surface area (Å²) in [4.78, 5) is 3.91. The molecule has 0 aliphatic carbocycles. The van der Waals surface area contributed by atoms with E-state index in [1.165, 1.54) is 0 Å². The number of ether oxygens (including phenoxy) is 1. The van der Waals surface area contributed by atoms with Crippen LogP contribution in [0.5, 0.6) is 0 Å². The summed E-state index contributed by atoms with van der Waals surface area (Å²) < 4.78 is 5.39. The summed E-state index contributed by atoms with van der Waals surface area (Å²) in [6.07, 6.45) is 5.83. The maximum Gasteiger partial charge on any atom is 0.0813 e. The van der Waals surface area contributed by atoms with Gasteiger partial charge in [-0.25, -0.2) is 0 Å². The molecule has 1 rings (SSSR count). The van der Waals surface area contributed by atoms with Gasteiger partial charge in [-0.3, -0.25) is 4.98 Å². The van der Waals surface area contributed by atoms with Gasteiger partial charge in [-0.1, -0.05) is 13.3 Å². The molecule has 0 saturated carbocycles. The maximum atomic E-state index is 9.77. The summed E-state index contributed by atoms with van der Waals surface area (Å²) in [7, 11) is 0. The largest absolute Gasteiger partial charge is 0.388 e. The molecule has 1 heterocycles. The Labute approximate surface area is 91.1 Å². The number of nitrogens with zero attached hydrogens (tertiary/aromatic N) is 1. The third-order valence-corrected chi connectivity index (χ3v) is 2.27. The minimum Gasteiger partial charge on any atom is -0.388 e. The summed E-state index contributed by atoms with van der Waals surface area (Å²) in [5.41, 5.74) is 0.907. The fraction of sp³-hybridized carbons (Fsp3) is 0.583. The van der Waals surface area contributed by atoms with Gasteiger partial charge >= 0.3 is 0 Å². The predicted molar refractivity (Wildman–Crippen MR) is 59.5 cm³/mol. The molecule has 84 valence electrons. The molecular weight excluding hydrogens is 190 g/mol. The first-order valence-corrected chi connectivity index (χ1v) is 5.50. The van der Waals surface area contributed by atoms with Crippen LogP contribution in [0.25, 0.3) is 0 Å². The summed E-state index contributed by atoms with van der Waals surface area (Å²) in [5.74, 6) is 0. The molecule has 0 fully saturated rings. The Morgan fingerprint density at radius 3 is 2.73 bits per heavy atom. The Bertz CT molecular complexity index is 251. The second kappa shape index (κ2) is 7.37. The zero-order valence-corrected chi connectivity index (χ0v) is 9.22.